The summed E-state index contributed by atoms with van der Waals surface area (Å²) in [6.45, 7) is 8.33. The van der Waals surface area contributed by atoms with Crippen molar-refractivity contribution in [3.8, 4) is 11.5 Å². The van der Waals surface area contributed by atoms with Gasteiger partial charge in [-0.1, -0.05) is 95.9 Å². The van der Waals surface area contributed by atoms with E-state index in [4.69, 9.17) is 35.2 Å². The van der Waals surface area contributed by atoms with Crippen LogP contribution in [-0.2, 0) is 0 Å². The lowest BCUT2D eigenvalue weighted by Gasteiger charge is -2.33. The predicted molar refractivity (Wildman–Crippen MR) is 273 cm³/mol. The Bertz CT molecular complexity index is 2350. The fraction of sp³-hybridized carbons (Fsp3) is 0.418. The van der Waals surface area contributed by atoms with E-state index >= 15 is 0 Å². The Morgan fingerprint density at radius 1 is 0.585 bits per heavy atom. The fourth-order valence-corrected chi connectivity index (χ4v) is 8.41. The molecular formula is C55H70Cl2N6O2. The van der Waals surface area contributed by atoms with Crippen molar-refractivity contribution in [2.75, 3.05) is 34.3 Å². The minimum Gasteiger partial charge on any atom is -1.00 e. The molecule has 7 rings (SSSR count). The normalized spacial score (nSPS) is 17.5. The van der Waals surface area contributed by atoms with Gasteiger partial charge in [0.2, 0.25) is 0 Å². The zero-order valence-electron chi connectivity index (χ0n) is 39.5. The number of quaternary nitrogens is 1. The first-order chi connectivity index (χ1) is 30.4. The molecule has 2 aromatic carbocycles. The molecular weight excluding hydrogens is 848 g/mol. The molecule has 346 valence electrons. The second-order valence-electron chi connectivity index (χ2n) is 18.8. The Kier molecular flexibility index (Phi) is 18.9. The van der Waals surface area contributed by atoms with Gasteiger partial charge in [-0.15, -0.1) is 12.4 Å². The molecule has 8 nitrogen and oxygen atoms in total. The molecule has 2 atom stereocenters. The molecule has 0 radical (unpaired) electrons. The van der Waals surface area contributed by atoms with Crippen LogP contribution in [0.1, 0.15) is 115 Å². The second kappa shape index (κ2) is 24.1. The van der Waals surface area contributed by atoms with Crippen molar-refractivity contribution in [1.29, 1.82) is 0 Å². The van der Waals surface area contributed by atoms with E-state index in [9.17, 15) is 0 Å². The zero-order valence-corrected chi connectivity index (χ0v) is 41.1. The summed E-state index contributed by atoms with van der Waals surface area (Å²) in [6.07, 6.45) is 36.9. The van der Waals surface area contributed by atoms with Crippen LogP contribution in [0.4, 0.5) is 0 Å². The monoisotopic (exact) mass is 916 g/mol. The Morgan fingerprint density at radius 3 is 1.55 bits per heavy atom. The van der Waals surface area contributed by atoms with E-state index in [1.807, 2.05) is 55.5 Å². The maximum atomic E-state index is 6.78. The van der Waals surface area contributed by atoms with Gasteiger partial charge >= 0.3 is 0 Å². The number of fused-ring (bicyclic) bond motifs is 4. The van der Waals surface area contributed by atoms with E-state index in [1.54, 1.807) is 0 Å². The van der Waals surface area contributed by atoms with Crippen LogP contribution >= 0.6 is 12.4 Å². The van der Waals surface area contributed by atoms with Gasteiger partial charge in [0.15, 0.2) is 5.72 Å². The maximum absolute atomic E-state index is 6.78. The number of hydrogen-bond donors (Lipinski definition) is 1. The van der Waals surface area contributed by atoms with Crippen molar-refractivity contribution < 1.29 is 26.4 Å². The Hall–Kier alpha value is -4.86. The van der Waals surface area contributed by atoms with Crippen molar-refractivity contribution >= 4 is 46.4 Å². The lowest BCUT2D eigenvalue weighted by molar-refractivity contribution is -0.870. The number of unbranched alkanes of at least 4 members (excludes halogenated alkanes) is 10. The lowest BCUT2D eigenvalue weighted by Crippen LogP contribution is -3.00. The maximum Gasteiger partial charge on any atom is 0.158 e. The summed E-state index contributed by atoms with van der Waals surface area (Å²) in [5, 5.41) is 0. The van der Waals surface area contributed by atoms with Gasteiger partial charge in [-0.05, 0) is 129 Å². The number of nitrogens with zero attached hydrogens (tertiary/aromatic N) is 5. The van der Waals surface area contributed by atoms with E-state index in [1.165, 1.54) is 64.2 Å². The van der Waals surface area contributed by atoms with Gasteiger partial charge in [-0.3, -0.25) is 5.73 Å². The molecule has 10 heteroatoms. The first-order valence-corrected chi connectivity index (χ1v) is 23.6. The van der Waals surface area contributed by atoms with Crippen molar-refractivity contribution in [3.63, 3.8) is 0 Å². The van der Waals surface area contributed by atoms with Gasteiger partial charge in [0.05, 0.1) is 79.9 Å². The molecule has 0 saturated carbocycles. The number of ether oxygens (including phenoxy) is 2. The average Bonchev–Trinajstić information content (AvgIpc) is 4.10. The Morgan fingerprint density at radius 2 is 1.06 bits per heavy atom. The number of hydrogen-bond acceptors (Lipinski definition) is 7. The van der Waals surface area contributed by atoms with Gasteiger partial charge in [-0.25, -0.2) is 20.0 Å². The zero-order chi connectivity index (χ0) is 44.2. The van der Waals surface area contributed by atoms with Crippen LogP contribution < -0.4 is 27.6 Å². The largest absolute Gasteiger partial charge is 1.00 e. The average molecular weight is 918 g/mol. The second-order valence-corrected chi connectivity index (χ2v) is 18.8. The third kappa shape index (κ3) is 14.6. The van der Waals surface area contributed by atoms with Crippen LogP contribution in [0.25, 0.3) is 11.1 Å². The van der Waals surface area contributed by atoms with E-state index < -0.39 is 5.72 Å². The summed E-state index contributed by atoms with van der Waals surface area (Å²) in [5.41, 5.74) is 16.6. The van der Waals surface area contributed by atoms with Crippen LogP contribution in [0.15, 0.2) is 152 Å². The summed E-state index contributed by atoms with van der Waals surface area (Å²) >= 11 is 0. The molecule has 2 N–H and O–H groups in total. The van der Waals surface area contributed by atoms with Gasteiger partial charge in [0.25, 0.3) is 0 Å². The van der Waals surface area contributed by atoms with Gasteiger partial charge in [0.1, 0.15) is 11.5 Å². The lowest BCUT2D eigenvalue weighted by atomic mass is 9.93. The number of allylic oxidation sites excluding steroid dienone is 12. The first kappa shape index (κ1) is 51.1. The molecule has 2 unspecified atom stereocenters. The predicted octanol–water partition coefficient (Wildman–Crippen LogP) is 9.93. The van der Waals surface area contributed by atoms with Gasteiger partial charge < -0.3 is 26.4 Å². The molecule has 0 saturated heterocycles. The molecule has 0 fully saturated rings. The molecule has 5 aliphatic rings. The topological polar surface area (TPSA) is 93.9 Å². The highest BCUT2D eigenvalue weighted by Gasteiger charge is 2.29. The fourth-order valence-electron chi connectivity index (χ4n) is 8.41. The molecule has 2 aromatic rings. The van der Waals surface area contributed by atoms with Crippen molar-refractivity contribution in [1.82, 2.24) is 0 Å². The van der Waals surface area contributed by atoms with Crippen LogP contribution in [0.3, 0.4) is 0 Å². The molecule has 0 spiro atoms. The van der Waals surface area contributed by atoms with Crippen molar-refractivity contribution in [2.45, 2.75) is 110 Å². The van der Waals surface area contributed by atoms with Crippen LogP contribution in [0, 0.1) is 5.92 Å². The van der Waals surface area contributed by atoms with Crippen molar-refractivity contribution in [3.05, 3.63) is 143 Å². The Balaban J connectivity index is 0.00000397. The van der Waals surface area contributed by atoms with Crippen LogP contribution in [-0.4, -0.2) is 67.3 Å². The third-order valence-corrected chi connectivity index (χ3v) is 12.3. The molecule has 5 heterocycles. The van der Waals surface area contributed by atoms with Gasteiger partial charge in [0, 0.05) is 17.1 Å². The van der Waals surface area contributed by atoms with E-state index in [-0.39, 0.29) is 30.7 Å². The quantitative estimate of drug-likeness (QED) is 0.0725. The highest BCUT2D eigenvalue weighted by atomic mass is 35.5. The third-order valence-electron chi connectivity index (χ3n) is 12.3. The summed E-state index contributed by atoms with van der Waals surface area (Å²) in [4.78, 5) is 20.4. The molecule has 65 heavy (non-hydrogen) atoms. The summed E-state index contributed by atoms with van der Waals surface area (Å²) in [6, 6.07) is 16.5. The van der Waals surface area contributed by atoms with E-state index in [2.05, 4.69) is 95.7 Å². The molecule has 0 amide bonds. The highest BCUT2D eigenvalue weighted by molar-refractivity contribution is 6.34. The number of halogens is 2. The summed E-state index contributed by atoms with van der Waals surface area (Å²) in [5.74, 6) is 1.81. The SMILES string of the molecule is CCCCCCCCCCCCOc1ccc(C2=C3C=CC(=N3)C=C3C=CC(=N3)C(c3ccc(OC(C)(N)C(C)CCCC[N+](C)(C)C)cc3)=C3C=CC(=N3)C=C3C=CC2=N3)cc1.Cl.[Cl-]. The number of benzene rings is 2. The number of nitrogens with two attached hydrogens (primary N) is 1. The standard InChI is InChI=1S/C55H69N6O2.2ClH/c1-7-8-9-10-11-12-13-14-15-18-37-62-47-28-20-41(21-29-47)53-49-32-24-43(57-49)38-45-26-34-51(59-45)54(52-35-27-46(60-52)39-44-25-33-50(53)58-44)42-22-30-48(31-23-42)63-55(3,56)40(2)19-16-17-36-61(4,5)6;;/h20-35,38-40H,7-19,36-37,56H2,1-6H3;2*1H/q+1;;/p-1. The summed E-state index contributed by atoms with van der Waals surface area (Å²) < 4.78 is 13.6. The summed E-state index contributed by atoms with van der Waals surface area (Å²) in [7, 11) is 6.71. The minimum atomic E-state index is -0.795. The van der Waals surface area contributed by atoms with Crippen molar-refractivity contribution in [2.24, 2.45) is 31.6 Å². The molecule has 8 bridgehead atoms. The van der Waals surface area contributed by atoms with E-state index in [0.717, 1.165) is 116 Å². The molecule has 0 aromatic heterocycles. The van der Waals surface area contributed by atoms with Crippen LogP contribution in [0.2, 0.25) is 0 Å². The smallest absolute Gasteiger partial charge is 0.158 e. The Labute approximate surface area is 401 Å². The minimum absolute atomic E-state index is 0. The first-order valence-electron chi connectivity index (χ1n) is 23.6. The van der Waals surface area contributed by atoms with Crippen LogP contribution in [0.5, 0.6) is 11.5 Å². The molecule has 5 aliphatic heterocycles. The molecule has 0 aliphatic carbocycles. The highest BCUT2D eigenvalue weighted by Crippen LogP contribution is 2.34. The number of rotatable bonds is 22. The van der Waals surface area contributed by atoms with Gasteiger partial charge in [-0.2, -0.15) is 0 Å². The van der Waals surface area contributed by atoms with E-state index in [0.29, 0.717) is 0 Å². The number of aliphatic imine (C=N–C) groups is 4.